The number of nitro groups is 1. The van der Waals surface area contributed by atoms with Gasteiger partial charge < -0.3 is 10.8 Å². The molecule has 0 aliphatic heterocycles. The third-order valence-electron chi connectivity index (χ3n) is 2.13. The predicted molar refractivity (Wildman–Crippen MR) is 56.7 cm³/mol. The third kappa shape index (κ3) is 3.21. The number of nitrogens with zero attached hydrogens (tertiary/aromatic N) is 1. The molecule has 0 aromatic heterocycles. The topological polar surface area (TPSA) is 89.4 Å². The second-order valence-corrected chi connectivity index (χ2v) is 3.59. The van der Waals surface area contributed by atoms with E-state index >= 15 is 0 Å². The number of aryl methyl sites for hydroxylation is 1. The SMILES string of the molecule is C[C@@H](N)CCc1cc(O)ccc1[N+](=O)[O-]. The molecule has 0 bridgehead atoms. The van der Waals surface area contributed by atoms with Gasteiger partial charge in [-0.05, 0) is 31.9 Å². The molecule has 1 rings (SSSR count). The molecule has 0 heterocycles. The molecular formula is C10H14N2O3. The van der Waals surface area contributed by atoms with Gasteiger partial charge in [-0.1, -0.05) is 0 Å². The fourth-order valence-corrected chi connectivity index (χ4v) is 1.33. The van der Waals surface area contributed by atoms with Crippen molar-refractivity contribution in [3.05, 3.63) is 33.9 Å². The number of hydrogen-bond acceptors (Lipinski definition) is 4. The molecule has 0 saturated carbocycles. The molecule has 0 saturated heterocycles. The fourth-order valence-electron chi connectivity index (χ4n) is 1.33. The summed E-state index contributed by atoms with van der Waals surface area (Å²) < 4.78 is 0. The summed E-state index contributed by atoms with van der Waals surface area (Å²) in [6.07, 6.45) is 1.16. The average Bonchev–Trinajstić information content (AvgIpc) is 2.14. The maximum atomic E-state index is 10.7. The van der Waals surface area contributed by atoms with Crippen LogP contribution in [0.5, 0.6) is 5.75 Å². The van der Waals surface area contributed by atoms with E-state index in [-0.39, 0.29) is 17.5 Å². The zero-order chi connectivity index (χ0) is 11.4. The molecule has 1 aromatic rings. The molecule has 0 spiro atoms. The van der Waals surface area contributed by atoms with Gasteiger partial charge in [0.25, 0.3) is 5.69 Å². The lowest BCUT2D eigenvalue weighted by Crippen LogP contribution is -2.15. The second-order valence-electron chi connectivity index (χ2n) is 3.59. The van der Waals surface area contributed by atoms with Crippen LogP contribution in [-0.4, -0.2) is 16.1 Å². The minimum Gasteiger partial charge on any atom is -0.508 e. The van der Waals surface area contributed by atoms with Crippen LogP contribution in [0.25, 0.3) is 0 Å². The maximum absolute atomic E-state index is 10.7. The Hall–Kier alpha value is -1.62. The monoisotopic (exact) mass is 210 g/mol. The van der Waals surface area contributed by atoms with Gasteiger partial charge in [-0.3, -0.25) is 10.1 Å². The number of nitrogens with two attached hydrogens (primary N) is 1. The van der Waals surface area contributed by atoms with E-state index in [4.69, 9.17) is 5.73 Å². The maximum Gasteiger partial charge on any atom is 0.272 e. The Morgan fingerprint density at radius 2 is 2.27 bits per heavy atom. The fraction of sp³-hybridized carbons (Fsp3) is 0.400. The Kier molecular flexibility index (Phi) is 3.62. The van der Waals surface area contributed by atoms with Crippen LogP contribution < -0.4 is 5.73 Å². The van der Waals surface area contributed by atoms with Crippen molar-refractivity contribution in [2.75, 3.05) is 0 Å². The van der Waals surface area contributed by atoms with Crippen LogP contribution in [0, 0.1) is 10.1 Å². The number of phenols is 1. The highest BCUT2D eigenvalue weighted by Crippen LogP contribution is 2.24. The van der Waals surface area contributed by atoms with Crippen molar-refractivity contribution in [3.8, 4) is 5.75 Å². The Bertz CT molecular complexity index is 364. The summed E-state index contributed by atoms with van der Waals surface area (Å²) >= 11 is 0. The van der Waals surface area contributed by atoms with Crippen molar-refractivity contribution in [1.29, 1.82) is 0 Å². The molecule has 3 N–H and O–H groups in total. The second kappa shape index (κ2) is 4.75. The number of benzene rings is 1. The number of hydrogen-bond donors (Lipinski definition) is 2. The molecule has 0 fully saturated rings. The molecule has 15 heavy (non-hydrogen) atoms. The summed E-state index contributed by atoms with van der Waals surface area (Å²) in [4.78, 5) is 10.2. The van der Waals surface area contributed by atoms with Gasteiger partial charge in [-0.2, -0.15) is 0 Å². The Labute approximate surface area is 87.7 Å². The molecule has 0 aliphatic rings. The number of phenolic OH excluding ortho intramolecular Hbond substituents is 1. The summed E-state index contributed by atoms with van der Waals surface area (Å²) in [6.45, 7) is 1.84. The third-order valence-corrected chi connectivity index (χ3v) is 2.13. The smallest absolute Gasteiger partial charge is 0.272 e. The van der Waals surface area contributed by atoms with E-state index in [2.05, 4.69) is 0 Å². The van der Waals surface area contributed by atoms with Crippen molar-refractivity contribution in [2.24, 2.45) is 5.73 Å². The predicted octanol–water partition coefficient (Wildman–Crippen LogP) is 1.58. The minimum absolute atomic E-state index is 0.00745. The molecule has 1 aromatic carbocycles. The Morgan fingerprint density at radius 1 is 1.60 bits per heavy atom. The van der Waals surface area contributed by atoms with Crippen LogP contribution in [0.15, 0.2) is 18.2 Å². The van der Waals surface area contributed by atoms with Gasteiger partial charge in [0.15, 0.2) is 0 Å². The number of nitro benzene ring substituents is 1. The highest BCUT2D eigenvalue weighted by Gasteiger charge is 2.14. The van der Waals surface area contributed by atoms with Gasteiger partial charge in [0.1, 0.15) is 5.75 Å². The first-order chi connectivity index (χ1) is 7.00. The van der Waals surface area contributed by atoms with Crippen LogP contribution in [0.4, 0.5) is 5.69 Å². The van der Waals surface area contributed by atoms with Crippen molar-refractivity contribution in [3.63, 3.8) is 0 Å². The molecule has 0 radical (unpaired) electrons. The average molecular weight is 210 g/mol. The van der Waals surface area contributed by atoms with Gasteiger partial charge in [-0.25, -0.2) is 0 Å². The van der Waals surface area contributed by atoms with Gasteiger partial charge in [0.2, 0.25) is 0 Å². The largest absolute Gasteiger partial charge is 0.508 e. The molecular weight excluding hydrogens is 196 g/mol. The van der Waals surface area contributed by atoms with E-state index in [9.17, 15) is 15.2 Å². The summed E-state index contributed by atoms with van der Waals surface area (Å²) in [6, 6.07) is 4.03. The van der Waals surface area contributed by atoms with Crippen molar-refractivity contribution >= 4 is 5.69 Å². The summed E-state index contributed by atoms with van der Waals surface area (Å²) in [5.41, 5.74) is 6.13. The first-order valence-corrected chi connectivity index (χ1v) is 4.72. The van der Waals surface area contributed by atoms with Crippen molar-refractivity contribution in [1.82, 2.24) is 0 Å². The van der Waals surface area contributed by atoms with Gasteiger partial charge in [-0.15, -0.1) is 0 Å². The van der Waals surface area contributed by atoms with E-state index in [1.54, 1.807) is 0 Å². The van der Waals surface area contributed by atoms with Crippen LogP contribution in [-0.2, 0) is 6.42 Å². The van der Waals surface area contributed by atoms with Crippen LogP contribution in [0.3, 0.4) is 0 Å². The van der Waals surface area contributed by atoms with Crippen LogP contribution in [0.2, 0.25) is 0 Å². The highest BCUT2D eigenvalue weighted by atomic mass is 16.6. The lowest BCUT2D eigenvalue weighted by Gasteiger charge is -2.06. The number of rotatable bonds is 4. The van der Waals surface area contributed by atoms with Gasteiger partial charge in [0.05, 0.1) is 4.92 Å². The normalized spacial score (nSPS) is 12.4. The summed E-state index contributed by atoms with van der Waals surface area (Å²) in [7, 11) is 0. The lowest BCUT2D eigenvalue weighted by molar-refractivity contribution is -0.385. The van der Waals surface area contributed by atoms with E-state index in [1.807, 2.05) is 6.92 Å². The molecule has 5 nitrogen and oxygen atoms in total. The van der Waals surface area contributed by atoms with Gasteiger partial charge >= 0.3 is 0 Å². The Morgan fingerprint density at radius 3 is 2.80 bits per heavy atom. The van der Waals surface area contributed by atoms with Gasteiger partial charge in [0, 0.05) is 17.7 Å². The lowest BCUT2D eigenvalue weighted by atomic mass is 10.0. The molecule has 5 heteroatoms. The molecule has 0 aliphatic carbocycles. The zero-order valence-corrected chi connectivity index (χ0v) is 8.51. The van der Waals surface area contributed by atoms with E-state index in [0.717, 1.165) is 0 Å². The molecule has 82 valence electrons. The first-order valence-electron chi connectivity index (χ1n) is 4.72. The quantitative estimate of drug-likeness (QED) is 0.583. The first kappa shape index (κ1) is 11.5. The van der Waals surface area contributed by atoms with Crippen LogP contribution in [0.1, 0.15) is 18.9 Å². The van der Waals surface area contributed by atoms with Crippen molar-refractivity contribution in [2.45, 2.75) is 25.8 Å². The molecule has 0 amide bonds. The molecule has 0 unspecified atom stereocenters. The van der Waals surface area contributed by atoms with E-state index in [0.29, 0.717) is 18.4 Å². The molecule has 1 atom stereocenters. The van der Waals surface area contributed by atoms with E-state index < -0.39 is 4.92 Å². The minimum atomic E-state index is -0.448. The Balaban J connectivity index is 2.92. The summed E-state index contributed by atoms with van der Waals surface area (Å²) in [5.74, 6) is 0.0419. The number of aromatic hydroxyl groups is 1. The summed E-state index contributed by atoms with van der Waals surface area (Å²) in [5, 5.41) is 19.9. The van der Waals surface area contributed by atoms with E-state index in [1.165, 1.54) is 18.2 Å². The van der Waals surface area contributed by atoms with Crippen LogP contribution >= 0.6 is 0 Å². The standard InChI is InChI=1S/C10H14N2O3/c1-7(11)2-3-8-6-9(13)4-5-10(8)12(14)15/h4-7,13H,2-3,11H2,1H3/t7-/m1/s1. The van der Waals surface area contributed by atoms with Crippen molar-refractivity contribution < 1.29 is 10.0 Å². The zero-order valence-electron chi connectivity index (χ0n) is 8.51. The highest BCUT2D eigenvalue weighted by molar-refractivity contribution is 5.44.